The molecule has 0 aliphatic heterocycles. The van der Waals surface area contributed by atoms with Gasteiger partial charge in [0.25, 0.3) is 0 Å². The summed E-state index contributed by atoms with van der Waals surface area (Å²) in [6, 6.07) is 11.4. The molecule has 0 bridgehead atoms. The quantitative estimate of drug-likeness (QED) is 0.684. The second kappa shape index (κ2) is 9.34. The first-order valence-corrected chi connectivity index (χ1v) is 8.96. The molecule has 0 saturated carbocycles. The highest BCUT2D eigenvalue weighted by Crippen LogP contribution is 2.36. The second-order valence-corrected chi connectivity index (χ2v) is 6.52. The predicted molar refractivity (Wildman–Crippen MR) is 106 cm³/mol. The molecule has 0 heterocycles. The van der Waals surface area contributed by atoms with E-state index in [4.69, 9.17) is 21.1 Å². The van der Waals surface area contributed by atoms with E-state index >= 15 is 0 Å². The first kappa shape index (κ1) is 19.9. The fourth-order valence-corrected chi connectivity index (χ4v) is 2.66. The van der Waals surface area contributed by atoms with Crippen LogP contribution in [0.1, 0.15) is 26.3 Å². The minimum Gasteiger partial charge on any atom is -0.491 e. The Morgan fingerprint density at radius 3 is 2.38 bits per heavy atom. The fraction of sp³-hybridized carbons (Fsp3) is 0.350. The normalized spacial score (nSPS) is 10.5. The molecule has 2 aromatic carbocycles. The number of benzene rings is 2. The molecule has 0 unspecified atom stereocenters. The van der Waals surface area contributed by atoms with Gasteiger partial charge >= 0.3 is 0 Å². The van der Waals surface area contributed by atoms with Gasteiger partial charge in [0.2, 0.25) is 5.91 Å². The predicted octanol–water partition coefficient (Wildman–Crippen LogP) is 4.95. The number of carbonyl (C=O) groups is 1. The van der Waals surface area contributed by atoms with Gasteiger partial charge in [0.15, 0.2) is 11.5 Å². The van der Waals surface area contributed by atoms with Crippen LogP contribution in [0.3, 0.4) is 0 Å². The zero-order valence-corrected chi connectivity index (χ0v) is 16.3. The highest BCUT2D eigenvalue weighted by Gasteiger charge is 2.11. The lowest BCUT2D eigenvalue weighted by Crippen LogP contribution is -2.17. The van der Waals surface area contributed by atoms with E-state index in [0.29, 0.717) is 29.7 Å². The Kier molecular flexibility index (Phi) is 7.16. The van der Waals surface area contributed by atoms with E-state index in [-0.39, 0.29) is 11.8 Å². The molecular formula is C20H25ClN2O3. The molecule has 0 aliphatic carbocycles. The Morgan fingerprint density at radius 2 is 1.81 bits per heavy atom. The molecule has 0 fully saturated rings. The standard InChI is InChI=1S/C20H25ClN2O3/c1-5-26-18-11-14(10-17(21)19(18)25-4)12-22-15-6-8-16(9-7-15)23-20(24)13(2)3/h6-11,13,22H,5,12H2,1-4H3,(H,23,24). The average Bonchev–Trinajstić information content (AvgIpc) is 2.61. The smallest absolute Gasteiger partial charge is 0.226 e. The third kappa shape index (κ3) is 5.30. The number of halogens is 1. The summed E-state index contributed by atoms with van der Waals surface area (Å²) >= 11 is 6.27. The van der Waals surface area contributed by atoms with Crippen molar-refractivity contribution in [3.8, 4) is 11.5 Å². The molecule has 2 rings (SSSR count). The summed E-state index contributed by atoms with van der Waals surface area (Å²) in [5.74, 6) is 1.13. The largest absolute Gasteiger partial charge is 0.491 e. The Bertz CT molecular complexity index is 745. The van der Waals surface area contributed by atoms with Gasteiger partial charge in [-0.3, -0.25) is 4.79 Å². The molecule has 0 spiro atoms. The van der Waals surface area contributed by atoms with Crippen LogP contribution in [0, 0.1) is 5.92 Å². The number of carbonyl (C=O) groups excluding carboxylic acids is 1. The van der Waals surface area contributed by atoms with Gasteiger partial charge in [-0.15, -0.1) is 0 Å². The van der Waals surface area contributed by atoms with Crippen LogP contribution in [-0.2, 0) is 11.3 Å². The van der Waals surface area contributed by atoms with Crippen molar-refractivity contribution in [2.24, 2.45) is 5.92 Å². The van der Waals surface area contributed by atoms with Gasteiger partial charge in [0.05, 0.1) is 18.7 Å². The van der Waals surface area contributed by atoms with E-state index in [1.54, 1.807) is 7.11 Å². The molecular weight excluding hydrogens is 352 g/mol. The number of rotatable bonds is 8. The number of anilines is 2. The minimum atomic E-state index is -0.0489. The van der Waals surface area contributed by atoms with E-state index in [2.05, 4.69) is 10.6 Å². The van der Waals surface area contributed by atoms with Crippen molar-refractivity contribution in [3.05, 3.63) is 47.0 Å². The van der Waals surface area contributed by atoms with Gasteiger partial charge in [-0.25, -0.2) is 0 Å². The van der Waals surface area contributed by atoms with Crippen LogP contribution in [0.2, 0.25) is 5.02 Å². The molecule has 2 N–H and O–H groups in total. The van der Waals surface area contributed by atoms with Crippen LogP contribution in [0.5, 0.6) is 11.5 Å². The van der Waals surface area contributed by atoms with E-state index in [1.807, 2.05) is 57.2 Å². The van der Waals surface area contributed by atoms with Crippen molar-refractivity contribution in [2.75, 3.05) is 24.4 Å². The molecule has 0 radical (unpaired) electrons. The van der Waals surface area contributed by atoms with Gasteiger partial charge in [-0.05, 0) is 48.9 Å². The summed E-state index contributed by atoms with van der Waals surface area (Å²) in [6.07, 6.45) is 0. The first-order valence-electron chi connectivity index (χ1n) is 8.58. The Labute approximate surface area is 159 Å². The van der Waals surface area contributed by atoms with Gasteiger partial charge in [-0.2, -0.15) is 0 Å². The van der Waals surface area contributed by atoms with Crippen LogP contribution >= 0.6 is 11.6 Å². The third-order valence-corrected chi connectivity index (χ3v) is 4.03. The summed E-state index contributed by atoms with van der Waals surface area (Å²) in [7, 11) is 1.57. The van der Waals surface area contributed by atoms with Crippen molar-refractivity contribution in [1.29, 1.82) is 0 Å². The number of methoxy groups -OCH3 is 1. The Balaban J connectivity index is 2.03. The van der Waals surface area contributed by atoms with Gasteiger partial charge in [-0.1, -0.05) is 25.4 Å². The van der Waals surface area contributed by atoms with Crippen molar-refractivity contribution in [2.45, 2.75) is 27.3 Å². The van der Waals surface area contributed by atoms with Crippen molar-refractivity contribution < 1.29 is 14.3 Å². The molecule has 2 aromatic rings. The maximum absolute atomic E-state index is 11.7. The van der Waals surface area contributed by atoms with Crippen LogP contribution in [-0.4, -0.2) is 19.6 Å². The van der Waals surface area contributed by atoms with Gasteiger partial charge in [0.1, 0.15) is 0 Å². The highest BCUT2D eigenvalue weighted by atomic mass is 35.5. The number of nitrogens with one attached hydrogen (secondary N) is 2. The van der Waals surface area contributed by atoms with Crippen LogP contribution in [0.4, 0.5) is 11.4 Å². The number of hydrogen-bond acceptors (Lipinski definition) is 4. The maximum Gasteiger partial charge on any atom is 0.226 e. The molecule has 140 valence electrons. The highest BCUT2D eigenvalue weighted by molar-refractivity contribution is 6.32. The molecule has 1 amide bonds. The van der Waals surface area contributed by atoms with Crippen molar-refractivity contribution in [1.82, 2.24) is 0 Å². The molecule has 0 aliphatic rings. The van der Waals surface area contributed by atoms with Gasteiger partial charge in [0, 0.05) is 23.8 Å². The first-order chi connectivity index (χ1) is 12.4. The fourth-order valence-electron chi connectivity index (χ4n) is 2.35. The molecule has 0 atom stereocenters. The lowest BCUT2D eigenvalue weighted by atomic mass is 10.2. The third-order valence-electron chi connectivity index (χ3n) is 3.75. The summed E-state index contributed by atoms with van der Waals surface area (Å²) < 4.78 is 10.9. The Morgan fingerprint density at radius 1 is 1.15 bits per heavy atom. The summed E-state index contributed by atoms with van der Waals surface area (Å²) in [4.78, 5) is 11.7. The van der Waals surface area contributed by atoms with E-state index in [9.17, 15) is 4.79 Å². The lowest BCUT2D eigenvalue weighted by Gasteiger charge is -2.14. The monoisotopic (exact) mass is 376 g/mol. The maximum atomic E-state index is 11.7. The number of amides is 1. The lowest BCUT2D eigenvalue weighted by molar-refractivity contribution is -0.118. The molecule has 26 heavy (non-hydrogen) atoms. The molecule has 5 nitrogen and oxygen atoms in total. The Hall–Kier alpha value is -2.40. The SMILES string of the molecule is CCOc1cc(CNc2ccc(NC(=O)C(C)C)cc2)cc(Cl)c1OC. The average molecular weight is 377 g/mol. The summed E-state index contributed by atoms with van der Waals surface area (Å²) in [5.41, 5.74) is 2.70. The van der Waals surface area contributed by atoms with Crippen LogP contribution < -0.4 is 20.1 Å². The van der Waals surface area contributed by atoms with Crippen molar-refractivity contribution in [3.63, 3.8) is 0 Å². The van der Waals surface area contributed by atoms with E-state index < -0.39 is 0 Å². The summed E-state index contributed by atoms with van der Waals surface area (Å²) in [6.45, 7) is 6.76. The second-order valence-electron chi connectivity index (χ2n) is 6.12. The van der Waals surface area contributed by atoms with Crippen molar-refractivity contribution >= 4 is 28.9 Å². The topological polar surface area (TPSA) is 59.6 Å². The van der Waals surface area contributed by atoms with E-state index in [1.165, 1.54) is 0 Å². The number of hydrogen-bond donors (Lipinski definition) is 2. The van der Waals surface area contributed by atoms with E-state index in [0.717, 1.165) is 16.9 Å². The number of ether oxygens (including phenoxy) is 2. The minimum absolute atomic E-state index is 0.00189. The van der Waals surface area contributed by atoms with Gasteiger partial charge < -0.3 is 20.1 Å². The summed E-state index contributed by atoms with van der Waals surface area (Å²) in [5, 5.41) is 6.72. The zero-order valence-electron chi connectivity index (χ0n) is 15.6. The molecule has 0 saturated heterocycles. The van der Waals surface area contributed by atoms with Crippen LogP contribution in [0.15, 0.2) is 36.4 Å². The zero-order chi connectivity index (χ0) is 19.1. The molecule has 6 heteroatoms. The molecule has 0 aromatic heterocycles. The van der Waals surface area contributed by atoms with Crippen LogP contribution in [0.25, 0.3) is 0 Å².